The number of piperazine rings is 1. The molecular formula is C22H26N4O5. The van der Waals surface area contributed by atoms with Gasteiger partial charge in [0.15, 0.2) is 5.76 Å². The molecule has 0 radical (unpaired) electrons. The number of hydrogen-bond acceptors (Lipinski definition) is 7. The molecule has 1 aliphatic heterocycles. The number of rotatable bonds is 6. The summed E-state index contributed by atoms with van der Waals surface area (Å²) in [6, 6.07) is 8.98. The first-order valence-electron chi connectivity index (χ1n) is 10.0. The van der Waals surface area contributed by atoms with Crippen molar-refractivity contribution in [2.45, 2.75) is 25.6 Å². The summed E-state index contributed by atoms with van der Waals surface area (Å²) >= 11 is 0. The zero-order chi connectivity index (χ0) is 22.2. The van der Waals surface area contributed by atoms with Crippen molar-refractivity contribution >= 4 is 11.8 Å². The number of carbonyl (C=O) groups is 2. The molecule has 1 aromatic carbocycles. The molecule has 2 atom stereocenters. The number of hydrogen-bond donors (Lipinski definition) is 5. The highest BCUT2D eigenvalue weighted by atomic mass is 16.5. The maximum Gasteiger partial charge on any atom is 0.268 e. The number of nitrogens with one attached hydrogen (secondary N) is 3. The van der Waals surface area contributed by atoms with E-state index in [4.69, 9.17) is 9.62 Å². The largest absolute Gasteiger partial charge is 0.451 e. The molecule has 0 aliphatic carbocycles. The molecule has 2 amide bonds. The van der Waals surface area contributed by atoms with Gasteiger partial charge in [-0.1, -0.05) is 5.92 Å². The van der Waals surface area contributed by atoms with E-state index in [1.807, 2.05) is 12.1 Å². The molecule has 5 N–H and O–H groups in total. The van der Waals surface area contributed by atoms with Gasteiger partial charge in [0.1, 0.15) is 11.8 Å². The van der Waals surface area contributed by atoms with E-state index in [-0.39, 0.29) is 0 Å². The number of benzene rings is 1. The number of aliphatic hydroxyl groups excluding tert-OH is 1. The third kappa shape index (κ3) is 6.41. The van der Waals surface area contributed by atoms with Gasteiger partial charge in [-0.2, -0.15) is 0 Å². The molecule has 9 nitrogen and oxygen atoms in total. The fourth-order valence-corrected chi connectivity index (χ4v) is 3.16. The van der Waals surface area contributed by atoms with E-state index in [1.165, 1.54) is 12.4 Å². The smallest absolute Gasteiger partial charge is 0.268 e. The van der Waals surface area contributed by atoms with Crippen molar-refractivity contribution in [1.82, 2.24) is 21.0 Å². The van der Waals surface area contributed by atoms with Crippen molar-refractivity contribution in [3.8, 4) is 11.8 Å². The molecule has 164 valence electrons. The van der Waals surface area contributed by atoms with Crippen LogP contribution in [-0.2, 0) is 11.3 Å². The normalized spacial score (nSPS) is 16.0. The zero-order valence-corrected chi connectivity index (χ0v) is 17.2. The van der Waals surface area contributed by atoms with E-state index < -0.39 is 24.0 Å². The highest BCUT2D eigenvalue weighted by Crippen LogP contribution is 2.11. The van der Waals surface area contributed by atoms with E-state index in [9.17, 15) is 14.7 Å². The lowest BCUT2D eigenvalue weighted by atomic mass is 10.1. The average Bonchev–Trinajstić information content (AvgIpc) is 3.23. The molecular weight excluding hydrogens is 400 g/mol. The van der Waals surface area contributed by atoms with Gasteiger partial charge in [0.2, 0.25) is 0 Å². The summed E-state index contributed by atoms with van der Waals surface area (Å²) in [5, 5.41) is 24.0. The van der Waals surface area contributed by atoms with Crippen molar-refractivity contribution in [3.05, 3.63) is 59.0 Å². The van der Waals surface area contributed by atoms with Crippen LogP contribution in [0.15, 0.2) is 40.8 Å². The van der Waals surface area contributed by atoms with Crippen molar-refractivity contribution in [1.29, 1.82) is 0 Å². The molecule has 1 saturated heterocycles. The van der Waals surface area contributed by atoms with Crippen LogP contribution in [0.25, 0.3) is 0 Å². The first-order chi connectivity index (χ1) is 15.0. The first kappa shape index (κ1) is 22.5. The number of nitrogens with zero attached hydrogens (tertiary/aromatic N) is 1. The Kier molecular flexibility index (Phi) is 7.81. The minimum Gasteiger partial charge on any atom is -0.451 e. The Hall–Kier alpha value is -3.16. The SMILES string of the molecule is C[C@@H](O)[C@H](NC(=O)c1ccc(C#Cc2ccc(CN3CCNCC3)o2)cc1)C(=O)NO. The summed E-state index contributed by atoms with van der Waals surface area (Å²) in [6.45, 7) is 6.04. The fraction of sp³-hybridized carbons (Fsp3) is 0.364. The Balaban J connectivity index is 1.59. The first-order valence-corrected chi connectivity index (χ1v) is 10.0. The molecule has 1 fully saturated rings. The van der Waals surface area contributed by atoms with E-state index in [0.29, 0.717) is 16.9 Å². The summed E-state index contributed by atoms with van der Waals surface area (Å²) in [5.41, 5.74) is 2.40. The Morgan fingerprint density at radius 3 is 2.52 bits per heavy atom. The van der Waals surface area contributed by atoms with E-state index in [2.05, 4.69) is 27.4 Å². The summed E-state index contributed by atoms with van der Waals surface area (Å²) in [6.07, 6.45) is -1.17. The van der Waals surface area contributed by atoms with Gasteiger partial charge in [-0.15, -0.1) is 0 Å². The van der Waals surface area contributed by atoms with Crippen molar-refractivity contribution in [2.75, 3.05) is 26.2 Å². The maximum atomic E-state index is 12.3. The van der Waals surface area contributed by atoms with Crippen LogP contribution in [-0.4, -0.2) is 65.4 Å². The predicted octanol–water partition coefficient (Wildman–Crippen LogP) is 0.0692. The quantitative estimate of drug-likeness (QED) is 0.251. The van der Waals surface area contributed by atoms with Crippen LogP contribution in [0.1, 0.15) is 34.4 Å². The Morgan fingerprint density at radius 1 is 1.16 bits per heavy atom. The molecule has 0 spiro atoms. The third-order valence-corrected chi connectivity index (χ3v) is 4.89. The van der Waals surface area contributed by atoms with Crippen LogP contribution >= 0.6 is 0 Å². The highest BCUT2D eigenvalue weighted by molar-refractivity contribution is 5.97. The van der Waals surface area contributed by atoms with Crippen LogP contribution < -0.4 is 16.1 Å². The molecule has 0 unspecified atom stereocenters. The van der Waals surface area contributed by atoms with Gasteiger partial charge in [-0.3, -0.25) is 19.7 Å². The standard InChI is InChI=1S/C22H26N4O5/c1-15(27)20(22(29)25-30)24-21(28)17-5-2-16(3-6-17)4-7-18-8-9-19(31-18)14-26-12-10-23-11-13-26/h2-3,5-6,8-9,15,20,23,27,30H,10-14H2,1H3,(H,24,28)(H,25,29)/t15-,20+/m1/s1. The number of hydroxylamine groups is 1. The third-order valence-electron chi connectivity index (χ3n) is 4.89. The number of furan rings is 1. The Labute approximate surface area is 180 Å². The molecule has 1 aliphatic rings. The summed E-state index contributed by atoms with van der Waals surface area (Å²) in [5.74, 6) is 5.95. The lowest BCUT2D eigenvalue weighted by Crippen LogP contribution is -2.51. The second-order valence-electron chi connectivity index (χ2n) is 7.29. The average molecular weight is 426 g/mol. The molecule has 1 aromatic heterocycles. The second-order valence-corrected chi connectivity index (χ2v) is 7.29. The zero-order valence-electron chi connectivity index (χ0n) is 17.2. The topological polar surface area (TPSA) is 127 Å². The molecule has 2 heterocycles. The van der Waals surface area contributed by atoms with E-state index in [0.717, 1.165) is 38.5 Å². The van der Waals surface area contributed by atoms with Crippen LogP contribution in [0, 0.1) is 11.8 Å². The second kappa shape index (κ2) is 10.7. The minimum atomic E-state index is -1.27. The van der Waals surface area contributed by atoms with Crippen LogP contribution in [0.3, 0.4) is 0 Å². The van der Waals surface area contributed by atoms with Gasteiger partial charge >= 0.3 is 0 Å². The molecule has 0 saturated carbocycles. The lowest BCUT2D eigenvalue weighted by molar-refractivity contribution is -0.133. The van der Waals surface area contributed by atoms with Crippen molar-refractivity contribution in [2.24, 2.45) is 0 Å². The Morgan fingerprint density at radius 2 is 1.87 bits per heavy atom. The molecule has 31 heavy (non-hydrogen) atoms. The van der Waals surface area contributed by atoms with Gasteiger partial charge in [-0.25, -0.2) is 5.48 Å². The van der Waals surface area contributed by atoms with Crippen LogP contribution in [0.2, 0.25) is 0 Å². The van der Waals surface area contributed by atoms with Gasteiger partial charge in [0.25, 0.3) is 11.8 Å². The summed E-state index contributed by atoms with van der Waals surface area (Å²) in [7, 11) is 0. The highest BCUT2D eigenvalue weighted by Gasteiger charge is 2.25. The monoisotopic (exact) mass is 426 g/mol. The summed E-state index contributed by atoms with van der Waals surface area (Å²) < 4.78 is 5.79. The van der Waals surface area contributed by atoms with E-state index >= 15 is 0 Å². The van der Waals surface area contributed by atoms with Gasteiger partial charge in [-0.05, 0) is 49.2 Å². The van der Waals surface area contributed by atoms with Crippen LogP contribution in [0.5, 0.6) is 0 Å². The Bertz CT molecular complexity index is 952. The van der Waals surface area contributed by atoms with Crippen molar-refractivity contribution < 1.29 is 24.3 Å². The molecule has 0 bridgehead atoms. The van der Waals surface area contributed by atoms with Crippen LogP contribution in [0.4, 0.5) is 0 Å². The summed E-state index contributed by atoms with van der Waals surface area (Å²) in [4.78, 5) is 26.2. The number of amides is 2. The maximum absolute atomic E-state index is 12.3. The molecule has 3 rings (SSSR count). The molecule has 9 heteroatoms. The van der Waals surface area contributed by atoms with Gasteiger partial charge in [0.05, 0.1) is 12.6 Å². The van der Waals surface area contributed by atoms with Gasteiger partial charge < -0.3 is 20.2 Å². The van der Waals surface area contributed by atoms with E-state index in [1.54, 1.807) is 24.3 Å². The lowest BCUT2D eigenvalue weighted by Gasteiger charge is -2.26. The predicted molar refractivity (Wildman–Crippen MR) is 112 cm³/mol. The number of carbonyl (C=O) groups excluding carboxylic acids is 2. The number of aliphatic hydroxyl groups is 1. The van der Waals surface area contributed by atoms with Crippen molar-refractivity contribution in [3.63, 3.8) is 0 Å². The van der Waals surface area contributed by atoms with Gasteiger partial charge in [0, 0.05) is 37.3 Å². The minimum absolute atomic E-state index is 0.290. The fourth-order valence-electron chi connectivity index (χ4n) is 3.16. The molecule has 2 aromatic rings.